The lowest BCUT2D eigenvalue weighted by Crippen LogP contribution is -2.46. The van der Waals surface area contributed by atoms with Crippen LogP contribution in [0.2, 0.25) is 0 Å². The third-order valence-electron chi connectivity index (χ3n) is 8.49. The molecule has 0 spiro atoms. The summed E-state index contributed by atoms with van der Waals surface area (Å²) >= 11 is 0. The van der Waals surface area contributed by atoms with E-state index in [2.05, 4.69) is 58.1 Å². The molecule has 0 aliphatic heterocycles. The summed E-state index contributed by atoms with van der Waals surface area (Å²) in [5.41, 5.74) is 4.34. The Balaban J connectivity index is 1.42. The van der Waals surface area contributed by atoms with Crippen molar-refractivity contribution in [2.24, 2.45) is 13.0 Å². The van der Waals surface area contributed by atoms with Crippen LogP contribution in [-0.4, -0.2) is 35.2 Å². The molecule has 2 heterocycles. The first-order valence-electron chi connectivity index (χ1n) is 13.3. The molecule has 37 heavy (non-hydrogen) atoms. The van der Waals surface area contributed by atoms with Gasteiger partial charge in [0.25, 0.3) is 5.56 Å². The highest BCUT2D eigenvalue weighted by Gasteiger charge is 2.32. The lowest BCUT2D eigenvalue weighted by molar-refractivity contribution is 0.291. The van der Waals surface area contributed by atoms with E-state index in [1.165, 1.54) is 35.1 Å². The number of benzene rings is 1. The van der Waals surface area contributed by atoms with Crippen molar-refractivity contribution in [3.63, 3.8) is 0 Å². The quantitative estimate of drug-likeness (QED) is 0.477. The van der Waals surface area contributed by atoms with Crippen LogP contribution in [0.4, 0.5) is 11.4 Å². The van der Waals surface area contributed by atoms with E-state index in [0.29, 0.717) is 22.8 Å². The molecule has 190 valence electrons. The number of fused-ring (bicyclic) bond motifs is 1. The van der Waals surface area contributed by atoms with Crippen molar-refractivity contribution >= 4 is 22.4 Å². The van der Waals surface area contributed by atoms with Crippen LogP contribution in [0, 0.1) is 35.5 Å². The lowest BCUT2D eigenvalue weighted by atomic mass is 9.83. The average molecular weight is 495 g/mol. The van der Waals surface area contributed by atoms with Crippen LogP contribution < -0.4 is 15.4 Å². The largest absolute Gasteiger partial charge is 0.369 e. The van der Waals surface area contributed by atoms with Crippen molar-refractivity contribution in [2.75, 3.05) is 23.4 Å². The average Bonchev–Trinajstić information content (AvgIpc) is 2.90. The van der Waals surface area contributed by atoms with Crippen molar-refractivity contribution in [3.8, 4) is 12.1 Å². The van der Waals surface area contributed by atoms with E-state index >= 15 is 0 Å². The van der Waals surface area contributed by atoms with E-state index in [-0.39, 0.29) is 22.9 Å². The van der Waals surface area contributed by atoms with Crippen molar-refractivity contribution < 1.29 is 0 Å². The Kier molecular flexibility index (Phi) is 6.89. The Bertz CT molecular complexity index is 1430. The van der Waals surface area contributed by atoms with Crippen LogP contribution in [-0.2, 0) is 7.05 Å². The van der Waals surface area contributed by atoms with Gasteiger partial charge in [-0.2, -0.15) is 10.5 Å². The number of nitrogens with zero attached hydrogens (tertiary/aromatic N) is 6. The molecule has 0 bridgehead atoms. The van der Waals surface area contributed by atoms with Gasteiger partial charge in [-0.05, 0) is 75.6 Å². The third-order valence-corrected chi connectivity index (χ3v) is 8.49. The maximum absolute atomic E-state index is 13.0. The third kappa shape index (κ3) is 4.67. The van der Waals surface area contributed by atoms with Crippen LogP contribution in [0.5, 0.6) is 0 Å². The highest BCUT2D eigenvalue weighted by Crippen LogP contribution is 2.36. The minimum Gasteiger partial charge on any atom is -0.369 e. The van der Waals surface area contributed by atoms with Crippen LogP contribution in [0.25, 0.3) is 11.0 Å². The molecule has 0 saturated heterocycles. The van der Waals surface area contributed by atoms with Crippen LogP contribution in [0.15, 0.2) is 41.2 Å². The Labute approximate surface area is 218 Å². The summed E-state index contributed by atoms with van der Waals surface area (Å²) < 4.78 is 1.45. The summed E-state index contributed by atoms with van der Waals surface area (Å²) in [7, 11) is 3.61. The Hall–Kier alpha value is -3.84. The van der Waals surface area contributed by atoms with Gasteiger partial charge in [-0.1, -0.05) is 24.1 Å². The van der Waals surface area contributed by atoms with Gasteiger partial charge in [0, 0.05) is 38.4 Å². The molecule has 5 rings (SSSR count). The first kappa shape index (κ1) is 24.8. The lowest BCUT2D eigenvalue weighted by Gasteiger charge is -2.44. The van der Waals surface area contributed by atoms with E-state index in [9.17, 15) is 15.3 Å². The van der Waals surface area contributed by atoms with Crippen LogP contribution >= 0.6 is 0 Å². The van der Waals surface area contributed by atoms with Crippen LogP contribution in [0.3, 0.4) is 0 Å². The van der Waals surface area contributed by atoms with Gasteiger partial charge in [-0.25, -0.2) is 4.98 Å². The standard InChI is InChI=1S/C30H34N6O/c1-20-7-10-24(11-8-20)36(19-21-5-4-6-21)25-14-12-23(13-15-25)34(2)29-26(18-32)30(37)35(3)27-16-9-22(17-31)33-28(27)29/h7-11,16,21,23,25H,4-6,12-15,19H2,1-3H3. The number of aryl methyl sites for hydroxylation is 2. The number of hydrogen-bond acceptors (Lipinski definition) is 6. The van der Waals surface area contributed by atoms with Crippen LogP contribution in [0.1, 0.15) is 61.8 Å². The smallest absolute Gasteiger partial charge is 0.270 e. The molecular weight excluding hydrogens is 460 g/mol. The van der Waals surface area contributed by atoms with Crippen molar-refractivity contribution in [2.45, 2.75) is 64.0 Å². The number of aromatic nitrogens is 2. The summed E-state index contributed by atoms with van der Waals surface area (Å²) in [6, 6.07) is 17.2. The number of rotatable bonds is 6. The minimum atomic E-state index is -0.330. The summed E-state index contributed by atoms with van der Waals surface area (Å²) in [4.78, 5) is 22.3. The SMILES string of the molecule is Cc1ccc(N(CC2CCC2)C2CCC(N(C)c3c(C#N)c(=O)n(C)c4ccc(C#N)nc34)CC2)cc1. The molecule has 2 aliphatic rings. The van der Waals surface area contributed by atoms with E-state index in [0.717, 1.165) is 38.1 Å². The molecule has 0 amide bonds. The molecule has 7 nitrogen and oxygen atoms in total. The summed E-state index contributed by atoms with van der Waals surface area (Å²) in [5, 5.41) is 19.4. The van der Waals surface area contributed by atoms with Gasteiger partial charge in [0.1, 0.15) is 28.9 Å². The Morgan fingerprint density at radius 1 is 0.973 bits per heavy atom. The molecule has 7 heteroatoms. The van der Waals surface area contributed by atoms with E-state index in [1.54, 1.807) is 19.2 Å². The second-order valence-electron chi connectivity index (χ2n) is 10.7. The second-order valence-corrected chi connectivity index (χ2v) is 10.7. The minimum absolute atomic E-state index is 0.0912. The Morgan fingerprint density at radius 3 is 2.24 bits per heavy atom. The van der Waals surface area contributed by atoms with Crippen molar-refractivity contribution in [3.05, 3.63) is 63.6 Å². The summed E-state index contributed by atoms with van der Waals surface area (Å²) in [6.45, 7) is 3.25. The molecule has 0 unspecified atom stereocenters. The second kappa shape index (κ2) is 10.3. The monoisotopic (exact) mass is 494 g/mol. The maximum atomic E-state index is 13.0. The number of hydrogen-bond donors (Lipinski definition) is 0. The number of pyridine rings is 2. The van der Waals surface area contributed by atoms with Gasteiger partial charge in [0.2, 0.25) is 0 Å². The molecular formula is C30H34N6O. The zero-order valence-electron chi connectivity index (χ0n) is 21.9. The molecule has 3 aromatic rings. The molecule has 0 N–H and O–H groups in total. The molecule has 2 fully saturated rings. The van der Waals surface area contributed by atoms with Crippen molar-refractivity contribution in [1.82, 2.24) is 9.55 Å². The Morgan fingerprint density at radius 2 is 1.65 bits per heavy atom. The predicted octanol–water partition coefficient (Wildman–Crippen LogP) is 5.04. The highest BCUT2D eigenvalue weighted by molar-refractivity contribution is 5.92. The molecule has 1 aromatic carbocycles. The fourth-order valence-electron chi connectivity index (χ4n) is 5.99. The molecule has 2 aromatic heterocycles. The van der Waals surface area contributed by atoms with E-state index in [1.807, 2.05) is 7.05 Å². The first-order valence-corrected chi connectivity index (χ1v) is 13.3. The predicted molar refractivity (Wildman–Crippen MR) is 147 cm³/mol. The fraction of sp³-hybridized carbons (Fsp3) is 0.467. The van der Waals surface area contributed by atoms with E-state index in [4.69, 9.17) is 0 Å². The van der Waals surface area contributed by atoms with Gasteiger partial charge in [0.15, 0.2) is 0 Å². The summed E-state index contributed by atoms with van der Waals surface area (Å²) in [5.74, 6) is 0.784. The van der Waals surface area contributed by atoms with Crippen molar-refractivity contribution in [1.29, 1.82) is 10.5 Å². The number of anilines is 2. The number of nitriles is 2. The van der Waals surface area contributed by atoms with E-state index < -0.39 is 0 Å². The van der Waals surface area contributed by atoms with Gasteiger partial charge >= 0.3 is 0 Å². The normalized spacial score (nSPS) is 19.6. The first-order chi connectivity index (χ1) is 17.9. The maximum Gasteiger partial charge on any atom is 0.270 e. The van der Waals surface area contributed by atoms with Gasteiger partial charge in [-0.3, -0.25) is 4.79 Å². The zero-order valence-corrected chi connectivity index (χ0v) is 21.9. The fourth-order valence-corrected chi connectivity index (χ4v) is 5.99. The zero-order chi connectivity index (χ0) is 26.1. The van der Waals surface area contributed by atoms with Gasteiger partial charge in [0.05, 0.1) is 11.2 Å². The molecule has 0 radical (unpaired) electrons. The van der Waals surface area contributed by atoms with Gasteiger partial charge in [-0.15, -0.1) is 0 Å². The molecule has 2 saturated carbocycles. The highest BCUT2D eigenvalue weighted by atomic mass is 16.1. The topological polar surface area (TPSA) is 89.0 Å². The summed E-state index contributed by atoms with van der Waals surface area (Å²) in [6.07, 6.45) is 8.03. The molecule has 0 atom stereocenters. The molecule has 2 aliphatic carbocycles. The van der Waals surface area contributed by atoms with Gasteiger partial charge < -0.3 is 14.4 Å².